The molecule has 1 aromatic carbocycles. The Labute approximate surface area is 144 Å². The van der Waals surface area contributed by atoms with Crippen LogP contribution in [-0.2, 0) is 0 Å². The molecule has 1 heterocycles. The molecule has 0 unspecified atom stereocenters. The van der Waals surface area contributed by atoms with E-state index in [1.807, 2.05) is 19.0 Å². The van der Waals surface area contributed by atoms with Gasteiger partial charge in [-0.2, -0.15) is 0 Å². The lowest BCUT2D eigenvalue weighted by molar-refractivity contribution is 0.102. The first-order valence-corrected chi connectivity index (χ1v) is 7.69. The second kappa shape index (κ2) is 8.10. The van der Waals surface area contributed by atoms with Crippen molar-refractivity contribution in [1.82, 2.24) is 14.9 Å². The van der Waals surface area contributed by atoms with Gasteiger partial charge in [-0.25, -0.2) is 9.97 Å². The molecule has 0 aliphatic carbocycles. The van der Waals surface area contributed by atoms with Crippen LogP contribution in [0.2, 0.25) is 10.0 Å². The highest BCUT2D eigenvalue weighted by Gasteiger charge is 2.11. The summed E-state index contributed by atoms with van der Waals surface area (Å²) in [6.45, 7) is 1.58. The van der Waals surface area contributed by atoms with Crippen molar-refractivity contribution in [2.45, 2.75) is 0 Å². The van der Waals surface area contributed by atoms with Crippen LogP contribution in [0, 0.1) is 0 Å². The molecule has 0 aliphatic rings. The fraction of sp³-hybridized carbons (Fsp3) is 0.267. The SMILES string of the molecule is CN(C)CCNc1ncc(C(=O)Nc2cccc(Cl)c2Cl)cn1. The zero-order valence-electron chi connectivity index (χ0n) is 12.8. The molecule has 0 saturated heterocycles. The lowest BCUT2D eigenvalue weighted by Crippen LogP contribution is -2.21. The summed E-state index contributed by atoms with van der Waals surface area (Å²) < 4.78 is 0. The summed E-state index contributed by atoms with van der Waals surface area (Å²) in [5.41, 5.74) is 0.775. The summed E-state index contributed by atoms with van der Waals surface area (Å²) in [6, 6.07) is 5.03. The molecule has 0 aliphatic heterocycles. The van der Waals surface area contributed by atoms with Crippen LogP contribution < -0.4 is 10.6 Å². The van der Waals surface area contributed by atoms with Crippen LogP contribution in [0.3, 0.4) is 0 Å². The zero-order chi connectivity index (χ0) is 16.8. The van der Waals surface area contributed by atoms with E-state index in [1.54, 1.807) is 18.2 Å². The number of nitrogens with one attached hydrogen (secondary N) is 2. The smallest absolute Gasteiger partial charge is 0.258 e. The van der Waals surface area contributed by atoms with Crippen molar-refractivity contribution >= 4 is 40.7 Å². The number of anilines is 2. The van der Waals surface area contributed by atoms with Gasteiger partial charge in [-0.3, -0.25) is 4.79 Å². The molecule has 8 heteroatoms. The molecule has 1 aromatic heterocycles. The Morgan fingerprint density at radius 2 is 1.91 bits per heavy atom. The van der Waals surface area contributed by atoms with Gasteiger partial charge in [0.2, 0.25) is 5.95 Å². The molecule has 6 nitrogen and oxygen atoms in total. The third-order valence-electron chi connectivity index (χ3n) is 2.96. The first kappa shape index (κ1) is 17.5. The molecule has 0 saturated carbocycles. The molecule has 0 bridgehead atoms. The number of nitrogens with zero attached hydrogens (tertiary/aromatic N) is 3. The third-order valence-corrected chi connectivity index (χ3v) is 3.77. The van der Waals surface area contributed by atoms with Crippen molar-refractivity contribution in [3.63, 3.8) is 0 Å². The van der Waals surface area contributed by atoms with Crippen molar-refractivity contribution < 1.29 is 4.79 Å². The fourth-order valence-electron chi connectivity index (χ4n) is 1.72. The van der Waals surface area contributed by atoms with Gasteiger partial charge in [-0.15, -0.1) is 0 Å². The molecule has 1 amide bonds. The van der Waals surface area contributed by atoms with Crippen LogP contribution in [0.4, 0.5) is 11.6 Å². The molecule has 2 aromatic rings. The van der Waals surface area contributed by atoms with Crippen LogP contribution in [-0.4, -0.2) is 48.0 Å². The summed E-state index contributed by atoms with van der Waals surface area (Å²) in [6.07, 6.45) is 2.91. The highest BCUT2D eigenvalue weighted by Crippen LogP contribution is 2.29. The van der Waals surface area contributed by atoms with Crippen molar-refractivity contribution in [2.24, 2.45) is 0 Å². The van der Waals surface area contributed by atoms with Gasteiger partial charge in [-0.05, 0) is 26.2 Å². The van der Waals surface area contributed by atoms with Crippen molar-refractivity contribution in [3.8, 4) is 0 Å². The van der Waals surface area contributed by atoms with E-state index in [0.717, 1.165) is 13.1 Å². The standard InChI is InChI=1S/C15H17Cl2N5O/c1-22(2)7-6-18-15-19-8-10(9-20-15)14(23)21-12-5-3-4-11(16)13(12)17/h3-5,8-9H,6-7H2,1-2H3,(H,21,23)(H,18,19,20). The predicted octanol–water partition coefficient (Wildman–Crippen LogP) is 3.01. The highest BCUT2D eigenvalue weighted by molar-refractivity contribution is 6.44. The first-order valence-electron chi connectivity index (χ1n) is 6.93. The van der Waals surface area contributed by atoms with Crippen LogP contribution in [0.1, 0.15) is 10.4 Å². The number of amides is 1. The van der Waals surface area contributed by atoms with Gasteiger partial charge < -0.3 is 15.5 Å². The zero-order valence-corrected chi connectivity index (χ0v) is 14.3. The van der Waals surface area contributed by atoms with Crippen molar-refractivity contribution in [3.05, 3.63) is 46.2 Å². The van der Waals surface area contributed by atoms with Crippen molar-refractivity contribution in [2.75, 3.05) is 37.8 Å². The molecule has 0 atom stereocenters. The Hall–Kier alpha value is -1.89. The minimum Gasteiger partial charge on any atom is -0.353 e. The van der Waals surface area contributed by atoms with Gasteiger partial charge in [0.1, 0.15) is 0 Å². The van der Waals surface area contributed by atoms with Gasteiger partial charge in [0.25, 0.3) is 5.91 Å². The van der Waals surface area contributed by atoms with Crippen LogP contribution >= 0.6 is 23.2 Å². The average Bonchev–Trinajstić information content (AvgIpc) is 2.52. The van der Waals surface area contributed by atoms with Gasteiger partial charge >= 0.3 is 0 Å². The largest absolute Gasteiger partial charge is 0.353 e. The Bertz CT molecular complexity index is 676. The Balaban J connectivity index is 1.98. The van der Waals surface area contributed by atoms with E-state index in [-0.39, 0.29) is 5.91 Å². The minimum absolute atomic E-state index is 0.297. The predicted molar refractivity (Wildman–Crippen MR) is 93.5 cm³/mol. The van der Waals surface area contributed by atoms with E-state index in [0.29, 0.717) is 27.2 Å². The van der Waals surface area contributed by atoms with Crippen LogP contribution in [0.15, 0.2) is 30.6 Å². The van der Waals surface area contributed by atoms with Crippen LogP contribution in [0.5, 0.6) is 0 Å². The number of benzene rings is 1. The van der Waals surface area contributed by atoms with Gasteiger partial charge in [-0.1, -0.05) is 29.3 Å². The normalized spacial score (nSPS) is 10.7. The number of hydrogen-bond acceptors (Lipinski definition) is 5. The van der Waals surface area contributed by atoms with E-state index in [2.05, 4.69) is 20.6 Å². The number of aromatic nitrogens is 2. The number of rotatable bonds is 6. The number of carbonyl (C=O) groups excluding carboxylic acids is 1. The lowest BCUT2D eigenvalue weighted by Gasteiger charge is -2.10. The number of likely N-dealkylation sites (N-methyl/N-ethyl adjacent to an activating group) is 1. The lowest BCUT2D eigenvalue weighted by atomic mass is 10.2. The summed E-state index contributed by atoms with van der Waals surface area (Å²) in [5.74, 6) is 0.123. The minimum atomic E-state index is -0.353. The molecular weight excluding hydrogens is 337 g/mol. The number of hydrogen-bond donors (Lipinski definition) is 2. The van der Waals surface area contributed by atoms with Crippen LogP contribution in [0.25, 0.3) is 0 Å². The molecule has 122 valence electrons. The second-order valence-corrected chi connectivity index (χ2v) is 5.87. The Kier molecular flexibility index (Phi) is 6.15. The molecule has 2 N–H and O–H groups in total. The van der Waals surface area contributed by atoms with E-state index < -0.39 is 0 Å². The maximum absolute atomic E-state index is 12.2. The molecule has 0 fully saturated rings. The topological polar surface area (TPSA) is 70.2 Å². The number of halogens is 2. The van der Waals surface area contributed by atoms with Gasteiger partial charge in [0.05, 0.1) is 21.3 Å². The van der Waals surface area contributed by atoms with E-state index in [9.17, 15) is 4.79 Å². The summed E-state index contributed by atoms with van der Waals surface area (Å²) in [5, 5.41) is 6.43. The molecule has 0 radical (unpaired) electrons. The quantitative estimate of drug-likeness (QED) is 0.835. The Morgan fingerprint density at radius 1 is 1.22 bits per heavy atom. The molecule has 0 spiro atoms. The summed E-state index contributed by atoms with van der Waals surface area (Å²) >= 11 is 12.0. The van der Waals surface area contributed by atoms with Gasteiger partial charge in [0, 0.05) is 25.5 Å². The Morgan fingerprint density at radius 3 is 2.57 bits per heavy atom. The molecule has 2 rings (SSSR count). The van der Waals surface area contributed by atoms with Crippen molar-refractivity contribution in [1.29, 1.82) is 0 Å². The monoisotopic (exact) mass is 353 g/mol. The molecular formula is C15H17Cl2N5O. The maximum Gasteiger partial charge on any atom is 0.258 e. The van der Waals surface area contributed by atoms with E-state index in [4.69, 9.17) is 23.2 Å². The fourth-order valence-corrected chi connectivity index (χ4v) is 2.07. The highest BCUT2D eigenvalue weighted by atomic mass is 35.5. The van der Waals surface area contributed by atoms with E-state index in [1.165, 1.54) is 12.4 Å². The summed E-state index contributed by atoms with van der Waals surface area (Å²) in [7, 11) is 3.97. The maximum atomic E-state index is 12.2. The average molecular weight is 354 g/mol. The second-order valence-electron chi connectivity index (χ2n) is 5.08. The first-order chi connectivity index (χ1) is 11.0. The number of carbonyl (C=O) groups is 1. The van der Waals surface area contributed by atoms with Gasteiger partial charge in [0.15, 0.2) is 0 Å². The molecule has 23 heavy (non-hydrogen) atoms. The third kappa shape index (κ3) is 5.06. The summed E-state index contributed by atoms with van der Waals surface area (Å²) in [4.78, 5) is 22.5. The van der Waals surface area contributed by atoms with E-state index >= 15 is 0 Å².